The number of ether oxygens (including phenoxy) is 2. The van der Waals surface area contributed by atoms with Gasteiger partial charge in [0.05, 0.1) is 14.2 Å². The van der Waals surface area contributed by atoms with Crippen LogP contribution >= 0.6 is 15.9 Å². The van der Waals surface area contributed by atoms with Crippen LogP contribution in [0.1, 0.15) is 11.1 Å². The molecule has 0 saturated heterocycles. The summed E-state index contributed by atoms with van der Waals surface area (Å²) >= 11 is 3.31. The molecule has 4 heteroatoms. The minimum absolute atomic E-state index is 0.771. The van der Waals surface area contributed by atoms with Crippen molar-refractivity contribution in [1.82, 2.24) is 4.98 Å². The highest BCUT2D eigenvalue weighted by Gasteiger charge is 1.99. The third-order valence-electron chi connectivity index (χ3n) is 2.59. The molecule has 0 aliphatic heterocycles. The fraction of sp³-hybridized carbons (Fsp3) is 0.133. The van der Waals surface area contributed by atoms with E-state index in [2.05, 4.69) is 20.9 Å². The minimum atomic E-state index is 0.771. The predicted molar refractivity (Wildman–Crippen MR) is 80.4 cm³/mol. The topological polar surface area (TPSA) is 31.4 Å². The average molecular weight is 320 g/mol. The van der Waals surface area contributed by atoms with Crippen LogP contribution in [0.4, 0.5) is 0 Å². The highest BCUT2D eigenvalue weighted by Crippen LogP contribution is 2.23. The van der Waals surface area contributed by atoms with Crippen LogP contribution in [-0.4, -0.2) is 19.2 Å². The first-order valence-electron chi connectivity index (χ1n) is 5.74. The molecule has 98 valence electrons. The molecule has 0 bridgehead atoms. The lowest BCUT2D eigenvalue weighted by Gasteiger charge is -2.05. The molecule has 0 N–H and O–H groups in total. The molecule has 19 heavy (non-hydrogen) atoms. The van der Waals surface area contributed by atoms with Gasteiger partial charge in [0.2, 0.25) is 0 Å². The minimum Gasteiger partial charge on any atom is -0.497 e. The molecule has 1 aromatic carbocycles. The molecule has 0 atom stereocenters. The Morgan fingerprint density at radius 3 is 2.11 bits per heavy atom. The largest absolute Gasteiger partial charge is 0.497 e. The Bertz CT molecular complexity index is 557. The van der Waals surface area contributed by atoms with E-state index in [1.54, 1.807) is 20.4 Å². The normalized spacial score (nSPS) is 10.7. The van der Waals surface area contributed by atoms with Gasteiger partial charge in [0.15, 0.2) is 0 Å². The molecule has 3 nitrogen and oxygen atoms in total. The van der Waals surface area contributed by atoms with Gasteiger partial charge in [0, 0.05) is 12.3 Å². The van der Waals surface area contributed by atoms with E-state index in [0.29, 0.717) is 0 Å². The van der Waals surface area contributed by atoms with E-state index < -0.39 is 0 Å². The van der Waals surface area contributed by atoms with Crippen LogP contribution < -0.4 is 9.47 Å². The van der Waals surface area contributed by atoms with Crippen molar-refractivity contribution in [2.45, 2.75) is 0 Å². The summed E-state index contributed by atoms with van der Waals surface area (Å²) in [6, 6.07) is 9.64. The van der Waals surface area contributed by atoms with Gasteiger partial charge in [-0.05, 0) is 45.3 Å². The van der Waals surface area contributed by atoms with Gasteiger partial charge in [-0.1, -0.05) is 18.2 Å². The molecule has 2 aromatic rings. The van der Waals surface area contributed by atoms with E-state index in [-0.39, 0.29) is 0 Å². The monoisotopic (exact) mass is 319 g/mol. The zero-order chi connectivity index (χ0) is 13.7. The summed E-state index contributed by atoms with van der Waals surface area (Å²) in [6.07, 6.45) is 5.79. The highest BCUT2D eigenvalue weighted by atomic mass is 79.9. The smallest absolute Gasteiger partial charge is 0.123 e. The van der Waals surface area contributed by atoms with Gasteiger partial charge in [-0.25, -0.2) is 4.98 Å². The summed E-state index contributed by atoms with van der Waals surface area (Å²) in [7, 11) is 3.28. The standard InChI is InChI=1S/C15H14BrNO2/c1-18-13-7-12(8-14(9-13)19-2)4-3-11-5-6-15(16)17-10-11/h3-10H,1-2H3/b4-3+. The lowest BCUT2D eigenvalue weighted by molar-refractivity contribution is 0.394. The predicted octanol–water partition coefficient (Wildman–Crippen LogP) is 4.03. The Labute approximate surface area is 121 Å². The fourth-order valence-electron chi connectivity index (χ4n) is 1.60. The lowest BCUT2D eigenvalue weighted by Crippen LogP contribution is -1.88. The molecule has 2 rings (SSSR count). The van der Waals surface area contributed by atoms with E-state index in [1.807, 2.05) is 42.5 Å². The summed E-state index contributed by atoms with van der Waals surface area (Å²) in [5.74, 6) is 1.54. The van der Waals surface area contributed by atoms with Crippen molar-refractivity contribution >= 4 is 28.1 Å². The summed E-state index contributed by atoms with van der Waals surface area (Å²) in [5, 5.41) is 0. The number of hydrogen-bond donors (Lipinski definition) is 0. The van der Waals surface area contributed by atoms with Crippen LogP contribution in [0.25, 0.3) is 12.2 Å². The fourth-order valence-corrected chi connectivity index (χ4v) is 1.84. The SMILES string of the molecule is COc1cc(/C=C/c2ccc(Br)nc2)cc(OC)c1. The molecule has 0 radical (unpaired) electrons. The van der Waals surface area contributed by atoms with Crippen LogP contribution in [0, 0.1) is 0 Å². The number of aromatic nitrogens is 1. The Hall–Kier alpha value is -1.81. The second-order valence-corrected chi connectivity index (χ2v) is 4.71. The highest BCUT2D eigenvalue weighted by molar-refractivity contribution is 9.10. The van der Waals surface area contributed by atoms with Crippen molar-refractivity contribution in [1.29, 1.82) is 0 Å². The number of halogens is 1. The first-order chi connectivity index (χ1) is 9.21. The van der Waals surface area contributed by atoms with Gasteiger partial charge in [-0.2, -0.15) is 0 Å². The van der Waals surface area contributed by atoms with E-state index >= 15 is 0 Å². The third-order valence-corrected chi connectivity index (χ3v) is 3.06. The zero-order valence-electron chi connectivity index (χ0n) is 10.8. The number of rotatable bonds is 4. The molecular weight excluding hydrogens is 306 g/mol. The van der Waals surface area contributed by atoms with Crippen LogP contribution in [-0.2, 0) is 0 Å². The van der Waals surface area contributed by atoms with Crippen molar-refractivity contribution < 1.29 is 9.47 Å². The van der Waals surface area contributed by atoms with Gasteiger partial charge in [0.1, 0.15) is 16.1 Å². The van der Waals surface area contributed by atoms with Crippen molar-refractivity contribution in [2.75, 3.05) is 14.2 Å². The molecule has 0 amide bonds. The summed E-state index contributed by atoms with van der Waals surface area (Å²) in [4.78, 5) is 4.17. The Kier molecular flexibility index (Phi) is 4.58. The van der Waals surface area contributed by atoms with Gasteiger partial charge in [0.25, 0.3) is 0 Å². The zero-order valence-corrected chi connectivity index (χ0v) is 12.3. The lowest BCUT2D eigenvalue weighted by atomic mass is 10.1. The molecule has 0 aliphatic rings. The van der Waals surface area contributed by atoms with E-state index in [4.69, 9.17) is 9.47 Å². The molecular formula is C15H14BrNO2. The number of pyridine rings is 1. The first-order valence-corrected chi connectivity index (χ1v) is 6.53. The third kappa shape index (κ3) is 3.83. The van der Waals surface area contributed by atoms with Crippen LogP contribution in [0.15, 0.2) is 41.1 Å². The Morgan fingerprint density at radius 2 is 1.58 bits per heavy atom. The first kappa shape index (κ1) is 13.6. The van der Waals surface area contributed by atoms with Crippen molar-refractivity contribution in [3.05, 3.63) is 52.3 Å². The van der Waals surface area contributed by atoms with Crippen molar-refractivity contribution in [3.8, 4) is 11.5 Å². The van der Waals surface area contributed by atoms with E-state index in [0.717, 1.165) is 27.2 Å². The van der Waals surface area contributed by atoms with Crippen molar-refractivity contribution in [3.63, 3.8) is 0 Å². The van der Waals surface area contributed by atoms with Crippen molar-refractivity contribution in [2.24, 2.45) is 0 Å². The molecule has 0 fully saturated rings. The summed E-state index contributed by atoms with van der Waals surface area (Å²) in [6.45, 7) is 0. The molecule has 0 saturated carbocycles. The number of nitrogens with zero attached hydrogens (tertiary/aromatic N) is 1. The maximum atomic E-state index is 5.23. The van der Waals surface area contributed by atoms with Gasteiger partial charge in [-0.3, -0.25) is 0 Å². The van der Waals surface area contributed by atoms with E-state index in [1.165, 1.54) is 0 Å². The second kappa shape index (κ2) is 6.38. The molecule has 0 aliphatic carbocycles. The summed E-state index contributed by atoms with van der Waals surface area (Å²) < 4.78 is 11.3. The molecule has 0 spiro atoms. The number of methoxy groups -OCH3 is 2. The Balaban J connectivity index is 2.24. The maximum absolute atomic E-state index is 5.23. The Morgan fingerprint density at radius 1 is 0.947 bits per heavy atom. The van der Waals surface area contributed by atoms with Gasteiger partial charge in [-0.15, -0.1) is 0 Å². The molecule has 1 aromatic heterocycles. The number of benzene rings is 1. The van der Waals surface area contributed by atoms with Gasteiger partial charge < -0.3 is 9.47 Å². The summed E-state index contributed by atoms with van der Waals surface area (Å²) in [5.41, 5.74) is 2.05. The van der Waals surface area contributed by atoms with Crippen LogP contribution in [0.2, 0.25) is 0 Å². The molecule has 0 unspecified atom stereocenters. The van der Waals surface area contributed by atoms with E-state index in [9.17, 15) is 0 Å². The van der Waals surface area contributed by atoms with Crippen LogP contribution in [0.5, 0.6) is 11.5 Å². The maximum Gasteiger partial charge on any atom is 0.123 e. The average Bonchev–Trinajstić information content (AvgIpc) is 2.46. The second-order valence-electron chi connectivity index (χ2n) is 3.89. The quantitative estimate of drug-likeness (QED) is 0.797. The number of hydrogen-bond acceptors (Lipinski definition) is 3. The van der Waals surface area contributed by atoms with Crippen LogP contribution in [0.3, 0.4) is 0 Å². The molecule has 1 heterocycles. The van der Waals surface area contributed by atoms with Gasteiger partial charge >= 0.3 is 0 Å².